The number of fused-ring (bicyclic) bond motifs is 3. The van der Waals surface area contributed by atoms with Gasteiger partial charge in [-0.2, -0.15) is 0 Å². The fourth-order valence-electron chi connectivity index (χ4n) is 3.41. The smallest absolute Gasteiger partial charge is 0.248 e. The summed E-state index contributed by atoms with van der Waals surface area (Å²) in [5, 5.41) is 5.16. The molecule has 1 amide bonds. The molecule has 0 fully saturated rings. The molecule has 0 atom stereocenters. The zero-order chi connectivity index (χ0) is 25.5. The number of H-pyrrole nitrogens is 2. The quantitative estimate of drug-likeness (QED) is 0.222. The largest absolute Gasteiger partial charge is 0.361 e. The standard InChI is InChI=1S/C9H9NO.C9H7NO.C8H7N.2C2H6/c2*11-9-6-5-7-3-1-2-4-8(7)10-9;1-2-4-8-7(3-1)5-6-9-8;2*1-2/h1-4H,5-6H2,(H,10,11);1-6H,(H,10,11);1-6,9H;2*1-2H3. The second-order valence-electron chi connectivity index (χ2n) is 7.18. The number of benzene rings is 3. The lowest BCUT2D eigenvalue weighted by Gasteiger charge is -2.15. The molecule has 5 nitrogen and oxygen atoms in total. The van der Waals surface area contributed by atoms with Crippen LogP contribution in [-0.2, 0) is 11.2 Å². The first-order chi connectivity index (χ1) is 17.2. The predicted molar refractivity (Wildman–Crippen MR) is 149 cm³/mol. The van der Waals surface area contributed by atoms with Crippen molar-refractivity contribution in [3.05, 3.63) is 113 Å². The fourth-order valence-corrected chi connectivity index (χ4v) is 3.41. The van der Waals surface area contributed by atoms with Gasteiger partial charge in [-0.25, -0.2) is 0 Å². The van der Waals surface area contributed by atoms with Crippen LogP contribution in [0.3, 0.4) is 0 Å². The number of amides is 1. The molecule has 0 unspecified atom stereocenters. The van der Waals surface area contributed by atoms with E-state index in [4.69, 9.17) is 0 Å². The van der Waals surface area contributed by atoms with Crippen LogP contribution < -0.4 is 10.9 Å². The van der Waals surface area contributed by atoms with E-state index in [1.54, 1.807) is 0 Å². The topological polar surface area (TPSA) is 77.8 Å². The van der Waals surface area contributed by atoms with Crippen LogP contribution in [0.2, 0.25) is 0 Å². The molecule has 0 saturated heterocycles. The highest BCUT2D eigenvalue weighted by Crippen LogP contribution is 2.20. The molecule has 35 heavy (non-hydrogen) atoms. The lowest BCUT2D eigenvalue weighted by Crippen LogP contribution is -2.18. The molecule has 5 heteroatoms. The normalized spacial score (nSPS) is 11.0. The van der Waals surface area contributed by atoms with Crippen LogP contribution in [0, 0.1) is 0 Å². The van der Waals surface area contributed by atoms with Gasteiger partial charge in [0, 0.05) is 35.4 Å². The van der Waals surface area contributed by atoms with Gasteiger partial charge in [-0.05, 0) is 53.1 Å². The number of hydrogen-bond donors (Lipinski definition) is 3. The third-order valence-corrected chi connectivity index (χ3v) is 5.01. The zero-order valence-corrected chi connectivity index (χ0v) is 21.0. The molecule has 0 saturated carbocycles. The van der Waals surface area contributed by atoms with Crippen LogP contribution in [0.5, 0.6) is 0 Å². The van der Waals surface area contributed by atoms with Crippen LogP contribution >= 0.6 is 0 Å². The summed E-state index contributed by atoms with van der Waals surface area (Å²) < 4.78 is 0. The summed E-state index contributed by atoms with van der Waals surface area (Å²) in [6, 6.07) is 29.2. The molecule has 5 aromatic rings. The molecular weight excluding hydrogens is 434 g/mol. The van der Waals surface area contributed by atoms with E-state index < -0.39 is 0 Å². The van der Waals surface area contributed by atoms with Crippen molar-refractivity contribution in [2.24, 2.45) is 0 Å². The molecule has 3 aromatic carbocycles. The molecule has 0 bridgehead atoms. The van der Waals surface area contributed by atoms with E-state index in [9.17, 15) is 9.59 Å². The van der Waals surface area contributed by atoms with Gasteiger partial charge < -0.3 is 15.3 Å². The first kappa shape index (κ1) is 27.1. The Bertz CT molecular complexity index is 1340. The van der Waals surface area contributed by atoms with E-state index >= 15 is 0 Å². The number of rotatable bonds is 0. The molecule has 2 aromatic heterocycles. The SMILES string of the molecule is CC.CC.O=C1CCc2ccccc2N1.O=c1ccc2ccccc2[nH]1.c1ccc2[nH]ccc2c1. The summed E-state index contributed by atoms with van der Waals surface area (Å²) >= 11 is 0. The number of hydrogen-bond acceptors (Lipinski definition) is 2. The first-order valence-corrected chi connectivity index (χ1v) is 12.2. The maximum Gasteiger partial charge on any atom is 0.248 e. The highest BCUT2D eigenvalue weighted by molar-refractivity contribution is 5.93. The maximum absolute atomic E-state index is 10.9. The van der Waals surface area contributed by atoms with Gasteiger partial charge in [0.25, 0.3) is 0 Å². The molecule has 3 N–H and O–H groups in total. The van der Waals surface area contributed by atoms with E-state index in [0.717, 1.165) is 23.0 Å². The van der Waals surface area contributed by atoms with E-state index in [1.165, 1.54) is 22.5 Å². The molecule has 3 heterocycles. The predicted octanol–water partition coefficient (Wildman–Crippen LogP) is 7.32. The van der Waals surface area contributed by atoms with Crippen molar-refractivity contribution >= 4 is 33.4 Å². The maximum atomic E-state index is 10.9. The Labute approximate surface area is 207 Å². The summed E-state index contributed by atoms with van der Waals surface area (Å²) in [7, 11) is 0. The summed E-state index contributed by atoms with van der Waals surface area (Å²) in [5.41, 5.74) is 4.26. The average molecular weight is 470 g/mol. The van der Waals surface area contributed by atoms with Crippen LogP contribution in [-0.4, -0.2) is 15.9 Å². The molecule has 0 radical (unpaired) electrons. The van der Waals surface area contributed by atoms with Crippen molar-refractivity contribution in [1.29, 1.82) is 0 Å². The number of carbonyl (C=O) groups is 1. The van der Waals surface area contributed by atoms with Gasteiger partial charge in [-0.15, -0.1) is 0 Å². The van der Waals surface area contributed by atoms with Gasteiger partial charge in [0.2, 0.25) is 11.5 Å². The minimum Gasteiger partial charge on any atom is -0.361 e. The van der Waals surface area contributed by atoms with Crippen molar-refractivity contribution in [3.63, 3.8) is 0 Å². The van der Waals surface area contributed by atoms with Crippen LogP contribution in [0.1, 0.15) is 39.7 Å². The van der Waals surface area contributed by atoms with Crippen molar-refractivity contribution < 1.29 is 4.79 Å². The van der Waals surface area contributed by atoms with Gasteiger partial charge in [-0.3, -0.25) is 9.59 Å². The minimum absolute atomic E-state index is 0.0521. The number of anilines is 1. The molecule has 0 spiro atoms. The van der Waals surface area contributed by atoms with Crippen molar-refractivity contribution in [3.8, 4) is 0 Å². The molecule has 1 aliphatic rings. The van der Waals surface area contributed by atoms with Crippen LogP contribution in [0.25, 0.3) is 21.8 Å². The molecule has 182 valence electrons. The van der Waals surface area contributed by atoms with Crippen molar-refractivity contribution in [2.45, 2.75) is 40.5 Å². The number of pyridine rings is 1. The first-order valence-electron chi connectivity index (χ1n) is 12.2. The Morgan fingerprint density at radius 1 is 0.600 bits per heavy atom. The van der Waals surface area contributed by atoms with Gasteiger partial charge >= 0.3 is 0 Å². The minimum atomic E-state index is -0.0521. The molecule has 0 aliphatic carbocycles. The zero-order valence-electron chi connectivity index (χ0n) is 21.0. The number of aromatic amines is 2. The van der Waals surface area contributed by atoms with Crippen molar-refractivity contribution in [1.82, 2.24) is 9.97 Å². The summed E-state index contributed by atoms with van der Waals surface area (Å²) in [6.45, 7) is 8.00. The number of aromatic nitrogens is 2. The monoisotopic (exact) mass is 469 g/mol. The van der Waals surface area contributed by atoms with E-state index in [1.807, 2.05) is 94.6 Å². The number of para-hydroxylation sites is 3. The molecular formula is C30H35N3O2. The third kappa shape index (κ3) is 8.31. The average Bonchev–Trinajstić information content (AvgIpc) is 3.41. The second-order valence-corrected chi connectivity index (χ2v) is 7.18. The number of aryl methyl sites for hydroxylation is 1. The fraction of sp³-hybridized carbons (Fsp3) is 0.200. The third-order valence-electron chi connectivity index (χ3n) is 5.01. The van der Waals surface area contributed by atoms with Gasteiger partial charge in [-0.1, -0.05) is 82.3 Å². The van der Waals surface area contributed by atoms with Crippen LogP contribution in [0.15, 0.2) is 102 Å². The lowest BCUT2D eigenvalue weighted by atomic mass is 10.0. The molecule has 1 aliphatic heterocycles. The Hall–Kier alpha value is -4.12. The van der Waals surface area contributed by atoms with Crippen molar-refractivity contribution in [2.75, 3.05) is 5.32 Å². The molecule has 6 rings (SSSR count). The van der Waals surface area contributed by atoms with Gasteiger partial charge in [0.15, 0.2) is 0 Å². The Kier molecular flexibility index (Phi) is 11.6. The summed E-state index contributed by atoms with van der Waals surface area (Å²) in [4.78, 5) is 27.6. The Morgan fingerprint density at radius 2 is 1.20 bits per heavy atom. The Balaban J connectivity index is 0.000000173. The van der Waals surface area contributed by atoms with E-state index in [0.29, 0.717) is 6.42 Å². The summed E-state index contributed by atoms with van der Waals surface area (Å²) in [5.74, 6) is 0.128. The second kappa shape index (κ2) is 14.9. The van der Waals surface area contributed by atoms with Crippen LogP contribution in [0.4, 0.5) is 5.69 Å². The van der Waals surface area contributed by atoms with E-state index in [-0.39, 0.29) is 11.5 Å². The Morgan fingerprint density at radius 3 is 1.91 bits per heavy atom. The van der Waals surface area contributed by atoms with Gasteiger partial charge in [0.1, 0.15) is 0 Å². The highest BCUT2D eigenvalue weighted by atomic mass is 16.1. The highest BCUT2D eigenvalue weighted by Gasteiger charge is 2.12. The number of carbonyl (C=O) groups excluding carboxylic acids is 1. The van der Waals surface area contributed by atoms with E-state index in [2.05, 4.69) is 39.6 Å². The number of nitrogens with one attached hydrogen (secondary N) is 3. The van der Waals surface area contributed by atoms with Gasteiger partial charge in [0.05, 0.1) is 0 Å². The summed E-state index contributed by atoms with van der Waals surface area (Å²) in [6.07, 6.45) is 3.45. The lowest BCUT2D eigenvalue weighted by molar-refractivity contribution is -0.116.